The molecule has 1 unspecified atom stereocenters. The van der Waals surface area contributed by atoms with Gasteiger partial charge in [0.1, 0.15) is 6.04 Å². The quantitative estimate of drug-likeness (QED) is 0.796. The Balaban J connectivity index is 2.84. The van der Waals surface area contributed by atoms with E-state index in [9.17, 15) is 9.59 Å². The molecule has 0 aliphatic carbocycles. The molecule has 112 valence electrons. The molecule has 5 nitrogen and oxygen atoms in total. The van der Waals surface area contributed by atoms with Crippen LogP contribution in [0.25, 0.3) is 0 Å². The maximum absolute atomic E-state index is 12.1. The molecule has 0 aliphatic rings. The highest BCUT2D eigenvalue weighted by Crippen LogP contribution is 2.10. The van der Waals surface area contributed by atoms with Gasteiger partial charge in [-0.2, -0.15) is 0 Å². The van der Waals surface area contributed by atoms with Gasteiger partial charge in [-0.3, -0.25) is 9.59 Å². The molecule has 1 aromatic rings. The van der Waals surface area contributed by atoms with Crippen molar-refractivity contribution in [3.05, 3.63) is 34.9 Å². The number of hydrogen-bond donors (Lipinski definition) is 2. The molecular formula is C16H21N3O2. The predicted molar refractivity (Wildman–Crippen MR) is 82.7 cm³/mol. The molecule has 0 bridgehead atoms. The summed E-state index contributed by atoms with van der Waals surface area (Å²) < 4.78 is 0. The zero-order valence-electron chi connectivity index (χ0n) is 12.9. The lowest BCUT2D eigenvalue weighted by Crippen LogP contribution is -2.44. The first-order chi connectivity index (χ1) is 9.86. The predicted octanol–water partition coefficient (Wildman–Crippen LogP) is 0.512. The van der Waals surface area contributed by atoms with Gasteiger partial charge in [0.2, 0.25) is 5.91 Å². The fourth-order valence-electron chi connectivity index (χ4n) is 1.82. The second-order valence-corrected chi connectivity index (χ2v) is 4.96. The van der Waals surface area contributed by atoms with Crippen molar-refractivity contribution in [2.75, 3.05) is 20.6 Å². The summed E-state index contributed by atoms with van der Waals surface area (Å²) in [6, 6.07) is 4.66. The number of nitrogens with two attached hydrogens (primary N) is 1. The molecule has 5 heteroatoms. The summed E-state index contributed by atoms with van der Waals surface area (Å²) in [4.78, 5) is 25.3. The van der Waals surface area contributed by atoms with Gasteiger partial charge in [-0.05, 0) is 37.6 Å². The van der Waals surface area contributed by atoms with Crippen molar-refractivity contribution < 1.29 is 9.59 Å². The summed E-state index contributed by atoms with van der Waals surface area (Å²) >= 11 is 0. The lowest BCUT2D eigenvalue weighted by molar-refractivity contribution is -0.130. The van der Waals surface area contributed by atoms with E-state index < -0.39 is 6.04 Å². The Labute approximate surface area is 125 Å². The number of carbonyl (C=O) groups excluding carboxylic acids is 2. The van der Waals surface area contributed by atoms with Crippen molar-refractivity contribution in [3.63, 3.8) is 0 Å². The molecule has 0 aromatic heterocycles. The second-order valence-electron chi connectivity index (χ2n) is 4.96. The minimum atomic E-state index is -0.565. The minimum Gasteiger partial charge on any atom is -0.347 e. The zero-order valence-corrected chi connectivity index (χ0v) is 12.9. The average Bonchev–Trinajstić information content (AvgIpc) is 2.44. The number of aryl methyl sites for hydroxylation is 1. The fourth-order valence-corrected chi connectivity index (χ4v) is 1.82. The number of amides is 2. The van der Waals surface area contributed by atoms with Crippen molar-refractivity contribution >= 4 is 11.8 Å². The van der Waals surface area contributed by atoms with Gasteiger partial charge < -0.3 is 16.0 Å². The van der Waals surface area contributed by atoms with E-state index in [4.69, 9.17) is 5.73 Å². The highest BCUT2D eigenvalue weighted by atomic mass is 16.2. The van der Waals surface area contributed by atoms with Crippen molar-refractivity contribution in [1.29, 1.82) is 0 Å². The molecular weight excluding hydrogens is 266 g/mol. The van der Waals surface area contributed by atoms with Crippen molar-refractivity contribution in [1.82, 2.24) is 10.2 Å². The van der Waals surface area contributed by atoms with Crippen LogP contribution in [0.5, 0.6) is 0 Å². The maximum Gasteiger partial charge on any atom is 0.251 e. The van der Waals surface area contributed by atoms with Crippen LogP contribution >= 0.6 is 0 Å². The Kier molecular flexibility index (Phi) is 5.94. The Hall–Kier alpha value is -2.32. The smallest absolute Gasteiger partial charge is 0.251 e. The SMILES string of the molecule is Cc1cc(C(=O)NC(C)C(=O)N(C)C)ccc1C#CCN. The van der Waals surface area contributed by atoms with Crippen LogP contribution in [-0.2, 0) is 4.79 Å². The highest BCUT2D eigenvalue weighted by molar-refractivity contribution is 5.97. The fraction of sp³-hybridized carbons (Fsp3) is 0.375. The third-order valence-electron chi connectivity index (χ3n) is 2.97. The van der Waals surface area contributed by atoms with Gasteiger partial charge in [-0.15, -0.1) is 0 Å². The highest BCUT2D eigenvalue weighted by Gasteiger charge is 2.18. The molecule has 1 rings (SSSR count). The van der Waals surface area contributed by atoms with Gasteiger partial charge in [0.05, 0.1) is 6.54 Å². The summed E-state index contributed by atoms with van der Waals surface area (Å²) in [5.41, 5.74) is 7.58. The number of likely N-dealkylation sites (N-methyl/N-ethyl adjacent to an activating group) is 1. The Morgan fingerprint density at radius 2 is 2.05 bits per heavy atom. The second kappa shape index (κ2) is 7.46. The molecule has 0 spiro atoms. The summed E-state index contributed by atoms with van der Waals surface area (Å²) in [5, 5.41) is 2.68. The summed E-state index contributed by atoms with van der Waals surface area (Å²) in [6.07, 6.45) is 0. The van der Waals surface area contributed by atoms with Crippen LogP contribution in [0.15, 0.2) is 18.2 Å². The first-order valence-corrected chi connectivity index (χ1v) is 6.68. The van der Waals surface area contributed by atoms with E-state index in [1.807, 2.05) is 6.92 Å². The molecule has 0 heterocycles. The third-order valence-corrected chi connectivity index (χ3v) is 2.97. The molecule has 3 N–H and O–H groups in total. The van der Waals surface area contributed by atoms with E-state index in [0.717, 1.165) is 11.1 Å². The lowest BCUT2D eigenvalue weighted by atomic mass is 10.0. The van der Waals surface area contributed by atoms with Gasteiger partial charge in [0.25, 0.3) is 5.91 Å². The standard InChI is InChI=1S/C16H21N3O2/c1-11-10-14(8-7-13(11)6-5-9-17)15(20)18-12(2)16(21)19(3)4/h7-8,10,12H,9,17H2,1-4H3,(H,18,20). The van der Waals surface area contributed by atoms with Gasteiger partial charge in [-0.1, -0.05) is 11.8 Å². The number of carbonyl (C=O) groups is 2. The number of benzene rings is 1. The van der Waals surface area contributed by atoms with Crippen LogP contribution in [0.3, 0.4) is 0 Å². The van der Waals surface area contributed by atoms with Crippen LogP contribution in [0, 0.1) is 18.8 Å². The topological polar surface area (TPSA) is 75.4 Å². The number of nitrogens with zero attached hydrogens (tertiary/aromatic N) is 1. The molecule has 0 radical (unpaired) electrons. The molecule has 2 amide bonds. The number of rotatable bonds is 3. The van der Waals surface area contributed by atoms with Crippen molar-refractivity contribution in [2.45, 2.75) is 19.9 Å². The summed E-state index contributed by atoms with van der Waals surface area (Å²) in [7, 11) is 3.31. The van der Waals surface area contributed by atoms with Crippen LogP contribution in [0.4, 0.5) is 0 Å². The Morgan fingerprint density at radius 3 is 2.57 bits per heavy atom. The van der Waals surface area contributed by atoms with Gasteiger partial charge in [0.15, 0.2) is 0 Å². The van der Waals surface area contributed by atoms with Crippen LogP contribution in [0.2, 0.25) is 0 Å². The molecule has 0 aliphatic heterocycles. The first-order valence-electron chi connectivity index (χ1n) is 6.68. The Morgan fingerprint density at radius 1 is 1.38 bits per heavy atom. The maximum atomic E-state index is 12.1. The first kappa shape index (κ1) is 16.7. The molecule has 0 saturated heterocycles. The number of nitrogens with one attached hydrogen (secondary N) is 1. The summed E-state index contributed by atoms with van der Waals surface area (Å²) in [5.74, 6) is 5.30. The van der Waals surface area contributed by atoms with Crippen LogP contribution in [-0.4, -0.2) is 43.4 Å². The van der Waals surface area contributed by atoms with E-state index in [1.54, 1.807) is 39.2 Å². The van der Waals surface area contributed by atoms with E-state index in [-0.39, 0.29) is 11.8 Å². The van der Waals surface area contributed by atoms with Gasteiger partial charge in [0, 0.05) is 25.2 Å². The molecule has 0 saturated carbocycles. The van der Waals surface area contributed by atoms with Gasteiger partial charge >= 0.3 is 0 Å². The van der Waals surface area contributed by atoms with Gasteiger partial charge in [-0.25, -0.2) is 0 Å². The lowest BCUT2D eigenvalue weighted by Gasteiger charge is -2.18. The number of hydrogen-bond acceptors (Lipinski definition) is 3. The van der Waals surface area contributed by atoms with E-state index in [0.29, 0.717) is 12.1 Å². The van der Waals surface area contributed by atoms with E-state index in [1.165, 1.54) is 4.90 Å². The molecule has 0 fully saturated rings. The van der Waals surface area contributed by atoms with Crippen molar-refractivity contribution in [2.24, 2.45) is 5.73 Å². The monoisotopic (exact) mass is 287 g/mol. The Bertz CT molecular complexity index is 597. The summed E-state index contributed by atoms with van der Waals surface area (Å²) in [6.45, 7) is 3.84. The zero-order chi connectivity index (χ0) is 16.0. The van der Waals surface area contributed by atoms with E-state index in [2.05, 4.69) is 17.2 Å². The van der Waals surface area contributed by atoms with Crippen LogP contribution < -0.4 is 11.1 Å². The molecule has 1 aromatic carbocycles. The largest absolute Gasteiger partial charge is 0.347 e. The van der Waals surface area contributed by atoms with Crippen LogP contribution in [0.1, 0.15) is 28.4 Å². The normalized spacial score (nSPS) is 11.1. The van der Waals surface area contributed by atoms with E-state index >= 15 is 0 Å². The molecule has 1 atom stereocenters. The minimum absolute atomic E-state index is 0.148. The average molecular weight is 287 g/mol. The third kappa shape index (κ3) is 4.62. The van der Waals surface area contributed by atoms with Crippen molar-refractivity contribution in [3.8, 4) is 11.8 Å². The molecule has 21 heavy (non-hydrogen) atoms.